The van der Waals surface area contributed by atoms with Crippen LogP contribution in [0.2, 0.25) is 0 Å². The quantitative estimate of drug-likeness (QED) is 0.224. The van der Waals surface area contributed by atoms with Crippen LogP contribution in [0.1, 0.15) is 27.5 Å². The van der Waals surface area contributed by atoms with E-state index in [9.17, 15) is 32.5 Å². The molecule has 4 atom stereocenters. The van der Waals surface area contributed by atoms with Crippen LogP contribution in [0, 0.1) is 0 Å². The largest absolute Gasteiger partial charge is 1.00 e. The molecular formula is C16H20N2Na2O7S2. The second-order valence-corrected chi connectivity index (χ2v) is 10.2. The first-order valence-electron chi connectivity index (χ1n) is 7.99. The maximum absolute atomic E-state index is 12.6. The van der Waals surface area contributed by atoms with Crippen molar-refractivity contribution >= 4 is 39.7 Å². The average molecular weight is 462 g/mol. The van der Waals surface area contributed by atoms with Gasteiger partial charge < -0.3 is 18.2 Å². The van der Waals surface area contributed by atoms with Gasteiger partial charge in [0.15, 0.2) is 5.25 Å². The van der Waals surface area contributed by atoms with Gasteiger partial charge in [-0.1, -0.05) is 30.3 Å². The molecular weight excluding hydrogens is 442 g/mol. The van der Waals surface area contributed by atoms with Gasteiger partial charge in [0, 0.05) is 4.75 Å². The molecule has 29 heavy (non-hydrogen) atoms. The smallest absolute Gasteiger partial charge is 1.00 e. The maximum Gasteiger partial charge on any atom is 1.00 e. The summed E-state index contributed by atoms with van der Waals surface area (Å²) < 4.78 is 32.2. The van der Waals surface area contributed by atoms with E-state index in [4.69, 9.17) is 0 Å². The van der Waals surface area contributed by atoms with Crippen LogP contribution in [0.3, 0.4) is 0 Å². The number of carbonyl (C=O) groups is 3. The SMILES string of the molecule is CC1(C)S[C@@H]2[C@H](NC(=O)C(c3ccccc3)S(=O)(=O)O)C(=O)N2[C@H]1C(=O)O.[H-].[H-].[Na+].[Na+]. The molecule has 3 N–H and O–H groups in total. The van der Waals surface area contributed by atoms with E-state index in [2.05, 4.69) is 5.32 Å². The Kier molecular flexibility index (Phi) is 8.89. The van der Waals surface area contributed by atoms with Crippen LogP contribution in [-0.2, 0) is 24.5 Å². The molecule has 150 valence electrons. The first-order valence-corrected chi connectivity index (χ1v) is 10.4. The average Bonchev–Trinajstić information content (AvgIpc) is 2.81. The standard InChI is InChI=1S/C16H18N2O7S2.2Na.2H/c1-16(2)11(15(21)22)18-13(20)9(14(18)26-16)17-12(19)10(27(23,24)25)8-6-4-3-5-7-8;;;;/h3-7,9-11,14H,1-2H3,(H,17,19)(H,21,22)(H,23,24,25);;;;/q;2*+1;2*-1/t9-,10?,11+,14-;;;;/m1..../s1. The van der Waals surface area contributed by atoms with Crippen LogP contribution < -0.4 is 64.4 Å². The molecule has 1 unspecified atom stereocenters. The molecule has 9 nitrogen and oxygen atoms in total. The van der Waals surface area contributed by atoms with Gasteiger partial charge >= 0.3 is 65.1 Å². The van der Waals surface area contributed by atoms with Gasteiger partial charge in [-0.15, -0.1) is 11.8 Å². The molecule has 13 heteroatoms. The zero-order valence-electron chi connectivity index (χ0n) is 18.4. The third kappa shape index (κ3) is 5.04. The fourth-order valence-corrected chi connectivity index (χ4v) is 5.93. The van der Waals surface area contributed by atoms with Gasteiger partial charge in [0.25, 0.3) is 10.1 Å². The number of aliphatic carboxylic acids is 1. The second-order valence-electron chi connectivity index (χ2n) is 6.89. The van der Waals surface area contributed by atoms with Gasteiger partial charge in [-0.2, -0.15) is 8.42 Å². The molecule has 2 aliphatic rings. The van der Waals surface area contributed by atoms with E-state index >= 15 is 0 Å². The third-order valence-corrected chi connectivity index (χ3v) is 7.26. The van der Waals surface area contributed by atoms with Crippen LogP contribution in [0.5, 0.6) is 0 Å². The number of hydrogen-bond donors (Lipinski definition) is 3. The number of nitrogens with one attached hydrogen (secondary N) is 1. The summed E-state index contributed by atoms with van der Waals surface area (Å²) in [4.78, 5) is 37.7. The number of fused-ring (bicyclic) bond motifs is 1. The molecule has 0 bridgehead atoms. The number of nitrogens with zero attached hydrogens (tertiary/aromatic N) is 1. The Morgan fingerprint density at radius 3 is 2.28 bits per heavy atom. The van der Waals surface area contributed by atoms with Crippen molar-refractivity contribution in [3.63, 3.8) is 0 Å². The van der Waals surface area contributed by atoms with Crippen molar-refractivity contribution < 1.29 is 94.4 Å². The minimum Gasteiger partial charge on any atom is -1.00 e. The maximum atomic E-state index is 12.6. The van der Waals surface area contributed by atoms with Crippen molar-refractivity contribution in [3.05, 3.63) is 35.9 Å². The second kappa shape index (κ2) is 9.58. The Morgan fingerprint density at radius 2 is 1.79 bits per heavy atom. The first-order chi connectivity index (χ1) is 12.4. The van der Waals surface area contributed by atoms with Gasteiger partial charge in [0.05, 0.1) is 0 Å². The van der Waals surface area contributed by atoms with Crippen LogP contribution >= 0.6 is 11.8 Å². The topological polar surface area (TPSA) is 141 Å². The van der Waals surface area contributed by atoms with Crippen LogP contribution in [0.15, 0.2) is 30.3 Å². The predicted octanol–water partition coefficient (Wildman–Crippen LogP) is -5.52. The van der Waals surface area contributed by atoms with E-state index in [-0.39, 0.29) is 67.5 Å². The zero-order chi connectivity index (χ0) is 20.1. The Balaban J connectivity index is 0. The summed E-state index contributed by atoms with van der Waals surface area (Å²) in [6.45, 7) is 3.37. The van der Waals surface area contributed by atoms with E-state index in [1.54, 1.807) is 19.9 Å². The molecule has 0 aliphatic carbocycles. The van der Waals surface area contributed by atoms with Crippen LogP contribution in [0.4, 0.5) is 0 Å². The van der Waals surface area contributed by atoms with Crippen molar-refractivity contribution in [1.29, 1.82) is 0 Å². The summed E-state index contributed by atoms with van der Waals surface area (Å²) in [5, 5.41) is 9.26. The van der Waals surface area contributed by atoms with Crippen molar-refractivity contribution in [3.8, 4) is 0 Å². The minimum absolute atomic E-state index is 0. The number of β-lactam (4-membered cyclic amide) rings is 1. The summed E-state index contributed by atoms with van der Waals surface area (Å²) in [5.74, 6) is -2.78. The van der Waals surface area contributed by atoms with Crippen molar-refractivity contribution in [2.24, 2.45) is 0 Å². The fourth-order valence-electron chi connectivity index (χ4n) is 3.46. The van der Waals surface area contributed by atoms with E-state index in [1.165, 1.54) is 40.9 Å². The summed E-state index contributed by atoms with van der Waals surface area (Å²) in [7, 11) is -4.77. The Labute approximate surface area is 219 Å². The van der Waals surface area contributed by atoms with Gasteiger partial charge in [-0.25, -0.2) is 4.79 Å². The monoisotopic (exact) mass is 462 g/mol. The van der Waals surface area contributed by atoms with E-state index in [0.29, 0.717) is 0 Å². The summed E-state index contributed by atoms with van der Waals surface area (Å²) >= 11 is 1.22. The van der Waals surface area contributed by atoms with Gasteiger partial charge in [-0.05, 0) is 19.4 Å². The number of carbonyl (C=O) groups excluding carboxylic acids is 2. The molecule has 0 saturated carbocycles. The molecule has 2 saturated heterocycles. The number of carboxylic acid groups (broad SMARTS) is 1. The Hall–Kier alpha value is -0.110. The molecule has 2 amide bonds. The third-order valence-electron chi connectivity index (χ3n) is 4.61. The van der Waals surface area contributed by atoms with Gasteiger partial charge in [0.2, 0.25) is 11.8 Å². The molecule has 0 aromatic heterocycles. The normalized spacial score (nSPS) is 25.6. The van der Waals surface area contributed by atoms with Crippen molar-refractivity contribution in [2.45, 2.75) is 41.3 Å². The molecule has 1 aromatic rings. The van der Waals surface area contributed by atoms with Crippen molar-refractivity contribution in [2.75, 3.05) is 0 Å². The van der Waals surface area contributed by atoms with Crippen LogP contribution in [-0.4, -0.2) is 63.0 Å². The van der Waals surface area contributed by atoms with Gasteiger partial charge in [-0.3, -0.25) is 14.1 Å². The molecule has 0 spiro atoms. The van der Waals surface area contributed by atoms with E-state index < -0.39 is 55.4 Å². The molecule has 1 aromatic carbocycles. The molecule has 2 heterocycles. The number of rotatable bonds is 5. The van der Waals surface area contributed by atoms with Crippen molar-refractivity contribution in [1.82, 2.24) is 10.2 Å². The predicted molar refractivity (Wildman–Crippen MR) is 98.6 cm³/mol. The summed E-state index contributed by atoms with van der Waals surface area (Å²) in [5.41, 5.74) is 0.0592. The number of benzene rings is 1. The Morgan fingerprint density at radius 1 is 1.24 bits per heavy atom. The molecule has 0 radical (unpaired) electrons. The number of hydrogen-bond acceptors (Lipinski definition) is 6. The first kappa shape index (κ1) is 26.9. The number of thioether (sulfide) groups is 1. The fraction of sp³-hybridized carbons (Fsp3) is 0.438. The molecule has 2 aliphatic heterocycles. The zero-order valence-corrected chi connectivity index (χ0v) is 22.0. The summed E-state index contributed by atoms with van der Waals surface area (Å²) in [6.07, 6.45) is 0. The van der Waals surface area contributed by atoms with Gasteiger partial charge in [0.1, 0.15) is 17.5 Å². The molecule has 3 rings (SSSR count). The Bertz CT molecular complexity index is 922. The minimum atomic E-state index is -4.77. The molecule has 2 fully saturated rings. The number of amides is 2. The van der Waals surface area contributed by atoms with E-state index in [1.807, 2.05) is 0 Å². The number of carboxylic acids is 1. The van der Waals surface area contributed by atoms with E-state index in [0.717, 1.165) is 0 Å². The summed E-state index contributed by atoms with van der Waals surface area (Å²) in [6, 6.07) is 5.31. The van der Waals surface area contributed by atoms with Crippen LogP contribution in [0.25, 0.3) is 0 Å².